The summed E-state index contributed by atoms with van der Waals surface area (Å²) >= 11 is 0. The van der Waals surface area contributed by atoms with Crippen LogP contribution in [0.25, 0.3) is 10.9 Å². The number of nitrogens with one attached hydrogen (secondary N) is 1. The summed E-state index contributed by atoms with van der Waals surface area (Å²) in [5.41, 5.74) is 10.6. The van der Waals surface area contributed by atoms with Crippen molar-refractivity contribution in [2.24, 2.45) is 5.73 Å². The number of aromatic amines is 1. The van der Waals surface area contributed by atoms with E-state index in [0.717, 1.165) is 6.42 Å². The molecule has 2 heteroatoms. The topological polar surface area (TPSA) is 41.8 Å². The van der Waals surface area contributed by atoms with Gasteiger partial charge in [0.25, 0.3) is 0 Å². The van der Waals surface area contributed by atoms with Gasteiger partial charge in [-0.25, -0.2) is 0 Å². The molecule has 1 aromatic heterocycles. The second kappa shape index (κ2) is 3.46. The molecule has 0 saturated carbocycles. The second-order valence-electron chi connectivity index (χ2n) is 3.88. The molecule has 0 amide bonds. The van der Waals surface area contributed by atoms with Gasteiger partial charge in [-0.1, -0.05) is 11.6 Å². The Hall–Kier alpha value is -1.28. The maximum absolute atomic E-state index is 5.53. The Morgan fingerprint density at radius 1 is 1.21 bits per heavy atom. The van der Waals surface area contributed by atoms with Crippen molar-refractivity contribution in [3.8, 4) is 0 Å². The second-order valence-corrected chi connectivity index (χ2v) is 3.88. The first kappa shape index (κ1) is 9.28. The number of nitrogens with two attached hydrogens (primary N) is 1. The van der Waals surface area contributed by atoms with Crippen molar-refractivity contribution in [1.29, 1.82) is 0 Å². The van der Waals surface area contributed by atoms with Crippen LogP contribution < -0.4 is 5.73 Å². The molecule has 3 N–H and O–H groups in total. The number of aromatic nitrogens is 1. The van der Waals surface area contributed by atoms with Gasteiger partial charge in [0.05, 0.1) is 0 Å². The standard InChI is InChI=1S/C12H16N2/c1-8-5-9(2)12-10(6-8)7-11(14-12)3-4-13/h5-7,14H,3-4,13H2,1-2H3. The Morgan fingerprint density at radius 3 is 2.71 bits per heavy atom. The molecule has 0 spiro atoms. The Labute approximate surface area is 84.1 Å². The van der Waals surface area contributed by atoms with Gasteiger partial charge in [0.15, 0.2) is 0 Å². The molecule has 2 nitrogen and oxygen atoms in total. The number of benzene rings is 1. The Bertz CT molecular complexity index is 455. The first-order valence-corrected chi connectivity index (χ1v) is 4.99. The zero-order valence-electron chi connectivity index (χ0n) is 8.72. The Morgan fingerprint density at radius 2 is 2.00 bits per heavy atom. The van der Waals surface area contributed by atoms with Crippen molar-refractivity contribution >= 4 is 10.9 Å². The predicted molar refractivity (Wildman–Crippen MR) is 60.5 cm³/mol. The minimum Gasteiger partial charge on any atom is -0.358 e. The highest BCUT2D eigenvalue weighted by Gasteiger charge is 2.03. The quantitative estimate of drug-likeness (QED) is 0.746. The molecule has 0 saturated heterocycles. The van der Waals surface area contributed by atoms with Crippen LogP contribution in [-0.4, -0.2) is 11.5 Å². The van der Waals surface area contributed by atoms with Gasteiger partial charge in [-0.3, -0.25) is 0 Å². The fourth-order valence-electron chi connectivity index (χ4n) is 1.96. The van der Waals surface area contributed by atoms with E-state index < -0.39 is 0 Å². The lowest BCUT2D eigenvalue weighted by molar-refractivity contribution is 0.939. The summed E-state index contributed by atoms with van der Waals surface area (Å²) in [5, 5.41) is 1.30. The lowest BCUT2D eigenvalue weighted by Crippen LogP contribution is -2.02. The van der Waals surface area contributed by atoms with Gasteiger partial charge in [0.2, 0.25) is 0 Å². The molecule has 0 atom stereocenters. The minimum atomic E-state index is 0.699. The van der Waals surface area contributed by atoms with Gasteiger partial charge in [0.1, 0.15) is 0 Å². The van der Waals surface area contributed by atoms with Crippen LogP contribution in [0.1, 0.15) is 16.8 Å². The van der Waals surface area contributed by atoms with E-state index >= 15 is 0 Å². The van der Waals surface area contributed by atoms with Crippen LogP contribution in [0, 0.1) is 13.8 Å². The number of H-pyrrole nitrogens is 1. The third-order valence-corrected chi connectivity index (χ3v) is 2.54. The van der Waals surface area contributed by atoms with Crippen molar-refractivity contribution in [1.82, 2.24) is 4.98 Å². The molecular weight excluding hydrogens is 172 g/mol. The highest BCUT2D eigenvalue weighted by Crippen LogP contribution is 2.21. The number of rotatable bonds is 2. The third-order valence-electron chi connectivity index (χ3n) is 2.54. The Balaban J connectivity index is 2.58. The van der Waals surface area contributed by atoms with Gasteiger partial charge in [0, 0.05) is 16.6 Å². The Kier molecular flexibility index (Phi) is 2.30. The van der Waals surface area contributed by atoms with Crippen LogP contribution in [0.2, 0.25) is 0 Å². The molecule has 1 aromatic carbocycles. The largest absolute Gasteiger partial charge is 0.358 e. The van der Waals surface area contributed by atoms with Crippen LogP contribution in [-0.2, 0) is 6.42 Å². The molecule has 0 fully saturated rings. The number of fused-ring (bicyclic) bond motifs is 1. The lowest BCUT2D eigenvalue weighted by atomic mass is 10.1. The number of hydrogen-bond donors (Lipinski definition) is 2. The average molecular weight is 188 g/mol. The van der Waals surface area contributed by atoms with E-state index in [0.29, 0.717) is 6.54 Å². The molecule has 0 aliphatic rings. The van der Waals surface area contributed by atoms with Crippen molar-refractivity contribution in [3.05, 3.63) is 35.0 Å². The van der Waals surface area contributed by atoms with Crippen LogP contribution in [0.4, 0.5) is 0 Å². The van der Waals surface area contributed by atoms with E-state index in [4.69, 9.17) is 5.73 Å². The first-order chi connectivity index (χ1) is 6.70. The monoisotopic (exact) mass is 188 g/mol. The summed E-state index contributed by atoms with van der Waals surface area (Å²) in [7, 11) is 0. The first-order valence-electron chi connectivity index (χ1n) is 4.99. The highest BCUT2D eigenvalue weighted by molar-refractivity contribution is 5.84. The molecule has 2 rings (SSSR count). The van der Waals surface area contributed by atoms with Crippen molar-refractivity contribution in [2.75, 3.05) is 6.54 Å². The zero-order valence-corrected chi connectivity index (χ0v) is 8.72. The summed E-state index contributed by atoms with van der Waals surface area (Å²) in [6, 6.07) is 6.60. The van der Waals surface area contributed by atoms with E-state index in [1.54, 1.807) is 0 Å². The third kappa shape index (κ3) is 1.53. The lowest BCUT2D eigenvalue weighted by Gasteiger charge is -1.98. The maximum atomic E-state index is 5.53. The summed E-state index contributed by atoms with van der Waals surface area (Å²) in [6.45, 7) is 4.96. The van der Waals surface area contributed by atoms with Gasteiger partial charge in [-0.15, -0.1) is 0 Å². The summed E-state index contributed by atoms with van der Waals surface area (Å²) in [4.78, 5) is 3.41. The van der Waals surface area contributed by atoms with E-state index in [1.807, 2.05) is 0 Å². The molecular formula is C12H16N2. The van der Waals surface area contributed by atoms with E-state index in [-0.39, 0.29) is 0 Å². The molecule has 1 heterocycles. The van der Waals surface area contributed by atoms with Crippen LogP contribution >= 0.6 is 0 Å². The van der Waals surface area contributed by atoms with E-state index in [9.17, 15) is 0 Å². The molecule has 14 heavy (non-hydrogen) atoms. The van der Waals surface area contributed by atoms with Crippen molar-refractivity contribution in [2.45, 2.75) is 20.3 Å². The van der Waals surface area contributed by atoms with Gasteiger partial charge in [-0.05, 0) is 44.5 Å². The smallest absolute Gasteiger partial charge is 0.0485 e. The molecule has 0 radical (unpaired) electrons. The SMILES string of the molecule is Cc1cc(C)c2[nH]c(CCN)cc2c1. The van der Waals surface area contributed by atoms with Gasteiger partial charge in [-0.2, -0.15) is 0 Å². The molecule has 74 valence electrons. The number of aryl methyl sites for hydroxylation is 2. The fourth-order valence-corrected chi connectivity index (χ4v) is 1.96. The maximum Gasteiger partial charge on any atom is 0.0485 e. The molecule has 0 aliphatic heterocycles. The van der Waals surface area contributed by atoms with Crippen LogP contribution in [0.15, 0.2) is 18.2 Å². The molecule has 0 bridgehead atoms. The molecule has 0 aliphatic carbocycles. The summed E-state index contributed by atoms with van der Waals surface area (Å²) < 4.78 is 0. The minimum absolute atomic E-state index is 0.699. The predicted octanol–water partition coefficient (Wildman–Crippen LogP) is 2.29. The van der Waals surface area contributed by atoms with Crippen molar-refractivity contribution in [3.63, 3.8) is 0 Å². The normalized spacial score (nSPS) is 11.1. The summed E-state index contributed by atoms with van der Waals surface area (Å²) in [6.07, 6.45) is 0.924. The van der Waals surface area contributed by atoms with Crippen LogP contribution in [0.3, 0.4) is 0 Å². The summed E-state index contributed by atoms with van der Waals surface area (Å²) in [5.74, 6) is 0. The van der Waals surface area contributed by atoms with E-state index in [2.05, 4.69) is 37.0 Å². The van der Waals surface area contributed by atoms with E-state index in [1.165, 1.54) is 27.7 Å². The van der Waals surface area contributed by atoms with Gasteiger partial charge >= 0.3 is 0 Å². The van der Waals surface area contributed by atoms with Gasteiger partial charge < -0.3 is 10.7 Å². The molecule has 2 aromatic rings. The fraction of sp³-hybridized carbons (Fsp3) is 0.333. The van der Waals surface area contributed by atoms with Crippen molar-refractivity contribution < 1.29 is 0 Å². The number of hydrogen-bond acceptors (Lipinski definition) is 1. The average Bonchev–Trinajstić information content (AvgIpc) is 2.48. The van der Waals surface area contributed by atoms with Crippen LogP contribution in [0.5, 0.6) is 0 Å². The zero-order chi connectivity index (χ0) is 10.1. The molecule has 0 unspecified atom stereocenters. The highest BCUT2D eigenvalue weighted by atomic mass is 14.7.